The Morgan fingerprint density at radius 1 is 1.10 bits per heavy atom. The molecule has 2 amide bonds. The number of hydrogen-bond acceptors (Lipinski definition) is 6. The molecule has 0 bridgehead atoms. The summed E-state index contributed by atoms with van der Waals surface area (Å²) in [4.78, 5) is 41.1. The number of nitrogens with zero attached hydrogens (tertiary/aromatic N) is 4. The van der Waals surface area contributed by atoms with Crippen molar-refractivity contribution in [1.29, 1.82) is 0 Å². The second-order valence-corrected chi connectivity index (χ2v) is 8.89. The highest BCUT2D eigenvalue weighted by Gasteiger charge is 2.34. The van der Waals surface area contributed by atoms with Crippen LogP contribution in [0.4, 0.5) is 0 Å². The fourth-order valence-corrected chi connectivity index (χ4v) is 5.58. The van der Waals surface area contributed by atoms with Crippen LogP contribution in [0, 0.1) is 5.92 Å². The summed E-state index contributed by atoms with van der Waals surface area (Å²) in [5, 5.41) is 9.06. The molecule has 2 aromatic heterocycles. The molecule has 0 fully saturated rings. The Bertz CT molecular complexity index is 1180. The zero-order valence-corrected chi connectivity index (χ0v) is 16.9. The van der Waals surface area contributed by atoms with Crippen molar-refractivity contribution in [2.75, 3.05) is 6.54 Å². The molecule has 3 aromatic rings. The summed E-state index contributed by atoms with van der Waals surface area (Å²) in [5.74, 6) is 0.0754. The third-order valence-corrected chi connectivity index (χ3v) is 6.95. The summed E-state index contributed by atoms with van der Waals surface area (Å²) < 4.78 is 1.37. The maximum Gasteiger partial charge on any atom is 0.278 e. The average Bonchev–Trinajstić information content (AvgIpc) is 3.20. The first-order valence-corrected chi connectivity index (χ1v) is 10.7. The molecular formula is C21H20N4O3S. The van der Waals surface area contributed by atoms with Gasteiger partial charge >= 0.3 is 0 Å². The Balaban J connectivity index is 1.34. The number of carbonyl (C=O) groups is 2. The van der Waals surface area contributed by atoms with E-state index in [-0.39, 0.29) is 23.9 Å². The number of amides is 2. The first-order chi connectivity index (χ1) is 14.0. The molecule has 0 radical (unpaired) electrons. The molecule has 3 heterocycles. The normalized spacial score (nSPS) is 18.4. The number of rotatable bonds is 4. The van der Waals surface area contributed by atoms with Gasteiger partial charge in [0.15, 0.2) is 4.83 Å². The van der Waals surface area contributed by atoms with Crippen LogP contribution >= 0.6 is 11.3 Å². The summed E-state index contributed by atoms with van der Waals surface area (Å²) in [7, 11) is 0. The summed E-state index contributed by atoms with van der Waals surface area (Å²) in [6.45, 7) is 2.80. The number of aromatic nitrogens is 3. The van der Waals surface area contributed by atoms with Gasteiger partial charge in [-0.15, -0.1) is 16.4 Å². The topological polar surface area (TPSA) is 85.2 Å². The number of hydrogen-bond donors (Lipinski definition) is 0. The number of carbonyl (C=O) groups excluding carboxylic acids is 2. The van der Waals surface area contributed by atoms with E-state index in [1.165, 1.54) is 14.5 Å². The van der Waals surface area contributed by atoms with E-state index in [4.69, 9.17) is 0 Å². The lowest BCUT2D eigenvalue weighted by Crippen LogP contribution is -2.32. The summed E-state index contributed by atoms with van der Waals surface area (Å²) in [6.07, 6.45) is 3.44. The number of fused-ring (bicyclic) bond motifs is 4. The average molecular weight is 408 g/mol. The molecule has 148 valence electrons. The standard InChI is InChI=1S/C21H20N4O3S/c1-12-7-8-15-16(11-12)29-18-17(15)21(28)25(23-22-18)10-4-9-24-19(26)13-5-2-3-6-14(13)20(24)27/h2-3,5-6,12H,4,7-11H2,1H3/t12-/m1/s1. The molecule has 0 saturated carbocycles. The number of aryl methyl sites for hydroxylation is 2. The van der Waals surface area contributed by atoms with Crippen molar-refractivity contribution in [3.05, 3.63) is 56.2 Å². The third kappa shape index (κ3) is 2.90. The Kier molecular flexibility index (Phi) is 4.31. The van der Waals surface area contributed by atoms with E-state index in [1.807, 2.05) is 0 Å². The molecule has 2 aliphatic rings. The minimum atomic E-state index is -0.277. The highest BCUT2D eigenvalue weighted by atomic mass is 32.1. The predicted molar refractivity (Wildman–Crippen MR) is 109 cm³/mol. The largest absolute Gasteiger partial charge is 0.278 e. The molecule has 8 heteroatoms. The van der Waals surface area contributed by atoms with Gasteiger partial charge in [-0.3, -0.25) is 19.3 Å². The lowest BCUT2D eigenvalue weighted by Gasteiger charge is -2.17. The van der Waals surface area contributed by atoms with Crippen molar-refractivity contribution in [3.63, 3.8) is 0 Å². The molecular weight excluding hydrogens is 388 g/mol. The van der Waals surface area contributed by atoms with Crippen molar-refractivity contribution in [2.24, 2.45) is 5.92 Å². The lowest BCUT2D eigenvalue weighted by molar-refractivity contribution is 0.0650. The van der Waals surface area contributed by atoms with Gasteiger partial charge < -0.3 is 0 Å². The number of imide groups is 1. The van der Waals surface area contributed by atoms with Gasteiger partial charge in [-0.05, 0) is 49.3 Å². The second kappa shape index (κ2) is 6.88. The highest BCUT2D eigenvalue weighted by molar-refractivity contribution is 7.18. The van der Waals surface area contributed by atoms with Crippen LogP contribution in [0.2, 0.25) is 0 Å². The van der Waals surface area contributed by atoms with E-state index in [2.05, 4.69) is 17.2 Å². The van der Waals surface area contributed by atoms with Crippen LogP contribution in [0.25, 0.3) is 10.2 Å². The maximum absolute atomic E-state index is 13.0. The molecule has 0 N–H and O–H groups in total. The van der Waals surface area contributed by atoms with Crippen LogP contribution in [0.5, 0.6) is 0 Å². The zero-order valence-electron chi connectivity index (χ0n) is 16.1. The van der Waals surface area contributed by atoms with Gasteiger partial charge in [0.2, 0.25) is 0 Å². The van der Waals surface area contributed by atoms with E-state index in [0.717, 1.165) is 24.8 Å². The van der Waals surface area contributed by atoms with Crippen LogP contribution in [-0.2, 0) is 19.4 Å². The quantitative estimate of drug-likeness (QED) is 0.620. The Hall–Kier alpha value is -2.87. The zero-order chi connectivity index (χ0) is 20.1. The van der Waals surface area contributed by atoms with Gasteiger partial charge in [0.25, 0.3) is 17.4 Å². The molecule has 1 aliphatic carbocycles. The van der Waals surface area contributed by atoms with Gasteiger partial charge in [0, 0.05) is 18.0 Å². The van der Waals surface area contributed by atoms with Crippen molar-refractivity contribution >= 4 is 33.4 Å². The first kappa shape index (κ1) is 18.2. The van der Waals surface area contributed by atoms with Crippen molar-refractivity contribution < 1.29 is 9.59 Å². The Morgan fingerprint density at radius 3 is 2.55 bits per heavy atom. The van der Waals surface area contributed by atoms with Gasteiger partial charge in [0.05, 0.1) is 16.5 Å². The molecule has 1 atom stereocenters. The molecule has 29 heavy (non-hydrogen) atoms. The number of thiophene rings is 1. The molecule has 0 spiro atoms. The Labute approximate surface area is 170 Å². The molecule has 1 aromatic carbocycles. The Morgan fingerprint density at radius 2 is 1.83 bits per heavy atom. The second-order valence-electron chi connectivity index (χ2n) is 7.81. The van der Waals surface area contributed by atoms with Crippen LogP contribution in [-0.4, -0.2) is 38.3 Å². The minimum Gasteiger partial charge on any atom is -0.274 e. The van der Waals surface area contributed by atoms with E-state index in [9.17, 15) is 14.4 Å². The number of benzene rings is 1. The van der Waals surface area contributed by atoms with Crippen LogP contribution < -0.4 is 5.56 Å². The van der Waals surface area contributed by atoms with Gasteiger partial charge in [0.1, 0.15) is 0 Å². The summed E-state index contributed by atoms with van der Waals surface area (Å²) in [6, 6.07) is 6.83. The van der Waals surface area contributed by atoms with Crippen molar-refractivity contribution in [3.8, 4) is 0 Å². The molecule has 5 rings (SSSR count). The van der Waals surface area contributed by atoms with Gasteiger partial charge in [-0.2, -0.15) is 0 Å². The van der Waals surface area contributed by atoms with Crippen LogP contribution in [0.3, 0.4) is 0 Å². The third-order valence-electron chi connectivity index (χ3n) is 5.81. The van der Waals surface area contributed by atoms with E-state index < -0.39 is 0 Å². The van der Waals surface area contributed by atoms with Gasteiger partial charge in [-0.1, -0.05) is 24.3 Å². The SMILES string of the molecule is C[C@@H]1CCc2c(sc3nnn(CCCN4C(=O)c5ccccc5C4=O)c(=O)c23)C1. The van der Waals surface area contributed by atoms with Crippen LogP contribution in [0.15, 0.2) is 29.1 Å². The van der Waals surface area contributed by atoms with E-state index in [0.29, 0.717) is 40.2 Å². The van der Waals surface area contributed by atoms with E-state index in [1.54, 1.807) is 35.6 Å². The summed E-state index contributed by atoms with van der Waals surface area (Å²) in [5.41, 5.74) is 1.89. The van der Waals surface area contributed by atoms with Crippen molar-refractivity contribution in [2.45, 2.75) is 39.2 Å². The van der Waals surface area contributed by atoms with Gasteiger partial charge in [-0.25, -0.2) is 4.68 Å². The predicted octanol–water partition coefficient (Wildman–Crippen LogP) is 2.66. The lowest BCUT2D eigenvalue weighted by atomic mass is 9.89. The van der Waals surface area contributed by atoms with E-state index >= 15 is 0 Å². The molecule has 1 aliphatic heterocycles. The highest BCUT2D eigenvalue weighted by Crippen LogP contribution is 2.35. The van der Waals surface area contributed by atoms with Crippen LogP contribution in [0.1, 0.15) is 50.9 Å². The molecule has 0 saturated heterocycles. The fourth-order valence-electron chi connectivity index (χ4n) is 4.26. The maximum atomic E-state index is 13.0. The summed E-state index contributed by atoms with van der Waals surface area (Å²) >= 11 is 1.58. The smallest absolute Gasteiger partial charge is 0.274 e. The monoisotopic (exact) mass is 408 g/mol. The minimum absolute atomic E-state index is 0.121. The fraction of sp³-hybridized carbons (Fsp3) is 0.381. The molecule has 0 unspecified atom stereocenters. The first-order valence-electron chi connectivity index (χ1n) is 9.88. The van der Waals surface area contributed by atoms with Crippen molar-refractivity contribution in [1.82, 2.24) is 19.9 Å². The molecule has 7 nitrogen and oxygen atoms in total.